The summed E-state index contributed by atoms with van der Waals surface area (Å²) in [5.74, 6) is 0.508. The molecule has 0 fully saturated rings. The fourth-order valence-corrected chi connectivity index (χ4v) is 5.14. The number of amides is 2. The first kappa shape index (κ1) is 24.0. The van der Waals surface area contributed by atoms with Gasteiger partial charge in [-0.2, -0.15) is 5.10 Å². The zero-order valence-corrected chi connectivity index (χ0v) is 21.7. The molecule has 8 heteroatoms. The lowest BCUT2D eigenvalue weighted by atomic mass is 10.0. The van der Waals surface area contributed by atoms with Gasteiger partial charge in [-0.1, -0.05) is 48.0 Å². The molecule has 1 aliphatic rings. The average molecular weight is 526 g/mol. The van der Waals surface area contributed by atoms with E-state index in [0.717, 1.165) is 34.0 Å². The number of hydrogen-bond acceptors (Lipinski definition) is 2. The van der Waals surface area contributed by atoms with Crippen LogP contribution in [0.5, 0.6) is 0 Å². The summed E-state index contributed by atoms with van der Waals surface area (Å²) in [5, 5.41) is 8.39. The van der Waals surface area contributed by atoms with Crippen LogP contribution in [0.25, 0.3) is 11.5 Å². The van der Waals surface area contributed by atoms with Gasteiger partial charge in [-0.05, 0) is 73.5 Å². The van der Waals surface area contributed by atoms with Crippen molar-refractivity contribution in [2.75, 3.05) is 5.32 Å². The Morgan fingerprint density at radius 2 is 1.76 bits per heavy atom. The molecule has 6 nitrogen and oxygen atoms in total. The number of para-hydroxylation sites is 1. The van der Waals surface area contributed by atoms with Crippen molar-refractivity contribution < 1.29 is 9.18 Å². The molecule has 2 aromatic heterocycles. The second kappa shape index (κ2) is 9.50. The van der Waals surface area contributed by atoms with E-state index in [2.05, 4.69) is 9.88 Å². The molecule has 1 N–H and O–H groups in total. The van der Waals surface area contributed by atoms with Crippen molar-refractivity contribution in [2.24, 2.45) is 0 Å². The Bertz CT molecular complexity index is 1640. The maximum absolute atomic E-state index is 14.3. The van der Waals surface area contributed by atoms with E-state index >= 15 is 0 Å². The molecule has 0 saturated carbocycles. The van der Waals surface area contributed by atoms with Crippen molar-refractivity contribution >= 4 is 23.3 Å². The third-order valence-electron chi connectivity index (χ3n) is 6.96. The lowest BCUT2D eigenvalue weighted by molar-refractivity contribution is 0.194. The van der Waals surface area contributed by atoms with Crippen LogP contribution in [0.1, 0.15) is 34.1 Å². The van der Waals surface area contributed by atoms with Gasteiger partial charge in [0.1, 0.15) is 11.6 Å². The quantitative estimate of drug-likeness (QED) is 0.270. The number of rotatable bonds is 3. The van der Waals surface area contributed by atoms with Crippen molar-refractivity contribution in [1.29, 1.82) is 0 Å². The predicted octanol–water partition coefficient (Wildman–Crippen LogP) is 7.21. The fraction of sp³-hybridized carbons (Fsp3) is 0.133. The van der Waals surface area contributed by atoms with Crippen molar-refractivity contribution in [2.45, 2.75) is 26.4 Å². The molecule has 1 atom stereocenters. The van der Waals surface area contributed by atoms with Gasteiger partial charge in [-0.15, -0.1) is 0 Å². The highest BCUT2D eigenvalue weighted by Gasteiger charge is 2.36. The van der Waals surface area contributed by atoms with Crippen LogP contribution in [0.4, 0.5) is 14.9 Å². The predicted molar refractivity (Wildman–Crippen MR) is 147 cm³/mol. The Balaban J connectivity index is 1.52. The van der Waals surface area contributed by atoms with E-state index in [1.807, 2.05) is 84.5 Å². The Hall–Kier alpha value is -4.36. The van der Waals surface area contributed by atoms with Gasteiger partial charge in [-0.3, -0.25) is 0 Å². The van der Waals surface area contributed by atoms with E-state index < -0.39 is 6.04 Å². The number of carbonyl (C=O) groups is 1. The van der Waals surface area contributed by atoms with Gasteiger partial charge in [0.05, 0.1) is 29.7 Å². The summed E-state index contributed by atoms with van der Waals surface area (Å²) in [4.78, 5) is 15.7. The fourth-order valence-electron chi connectivity index (χ4n) is 5.01. The number of aromatic nitrogens is 3. The summed E-state index contributed by atoms with van der Waals surface area (Å²) in [7, 11) is 0. The van der Waals surface area contributed by atoms with E-state index in [1.165, 1.54) is 6.07 Å². The summed E-state index contributed by atoms with van der Waals surface area (Å²) in [6, 6.07) is 25.3. The second-order valence-electron chi connectivity index (χ2n) is 9.41. The minimum atomic E-state index is -0.436. The summed E-state index contributed by atoms with van der Waals surface area (Å²) < 4.78 is 18.3. The van der Waals surface area contributed by atoms with E-state index in [-0.39, 0.29) is 11.8 Å². The van der Waals surface area contributed by atoms with Gasteiger partial charge in [0.25, 0.3) is 0 Å². The van der Waals surface area contributed by atoms with Crippen LogP contribution in [-0.4, -0.2) is 25.3 Å². The van der Waals surface area contributed by atoms with Gasteiger partial charge >= 0.3 is 6.03 Å². The van der Waals surface area contributed by atoms with Gasteiger partial charge in [0.2, 0.25) is 0 Å². The molecule has 3 heterocycles. The van der Waals surface area contributed by atoms with Crippen LogP contribution in [0, 0.1) is 19.7 Å². The van der Waals surface area contributed by atoms with Crippen LogP contribution >= 0.6 is 11.6 Å². The number of anilines is 1. The minimum Gasteiger partial charge on any atom is -0.308 e. The van der Waals surface area contributed by atoms with Gasteiger partial charge in [0, 0.05) is 22.5 Å². The number of carbonyl (C=O) groups excluding carboxylic acids is 1. The zero-order valence-electron chi connectivity index (χ0n) is 20.9. The van der Waals surface area contributed by atoms with Crippen LogP contribution in [0.15, 0.2) is 91.1 Å². The third kappa shape index (κ3) is 4.15. The third-order valence-corrected chi connectivity index (χ3v) is 7.21. The highest BCUT2D eigenvalue weighted by molar-refractivity contribution is 6.30. The highest BCUT2D eigenvalue weighted by Crippen LogP contribution is 2.39. The Labute approximate surface area is 224 Å². The van der Waals surface area contributed by atoms with E-state index in [0.29, 0.717) is 22.8 Å². The van der Waals surface area contributed by atoms with Crippen molar-refractivity contribution in [1.82, 2.24) is 19.2 Å². The molecule has 0 saturated heterocycles. The highest BCUT2D eigenvalue weighted by atomic mass is 35.5. The largest absolute Gasteiger partial charge is 0.322 e. The first-order chi connectivity index (χ1) is 18.4. The molecule has 0 aliphatic carbocycles. The number of benzene rings is 3. The monoisotopic (exact) mass is 525 g/mol. The van der Waals surface area contributed by atoms with E-state index in [4.69, 9.17) is 16.7 Å². The minimum absolute atomic E-state index is 0.295. The SMILES string of the molecule is Cc1ccc(NC(=O)N2Cc3c(C)nn(-c4ccccc4)c3-n3cccc3C2c2ccc(Cl)cc2)cc1F. The average Bonchev–Trinajstić information content (AvgIpc) is 3.48. The van der Waals surface area contributed by atoms with Crippen LogP contribution in [0.3, 0.4) is 0 Å². The summed E-state index contributed by atoms with van der Waals surface area (Å²) in [6.45, 7) is 3.94. The number of aryl methyl sites for hydroxylation is 2. The molecule has 0 bridgehead atoms. The molecule has 5 aromatic rings. The first-order valence-electron chi connectivity index (χ1n) is 12.3. The normalized spacial score (nSPS) is 14.5. The standard InChI is InChI=1S/C30H25ClFN5O/c1-19-10-15-23(17-26(19)32)33-30(38)36-18-25-20(2)34-37(24-7-4-3-5-8-24)29(25)35-16-6-9-27(35)28(36)21-11-13-22(31)14-12-21/h3-17,28H,18H2,1-2H3,(H,33,38). The summed E-state index contributed by atoms with van der Waals surface area (Å²) in [6.07, 6.45) is 1.99. The number of hydrogen-bond donors (Lipinski definition) is 1. The maximum atomic E-state index is 14.3. The van der Waals surface area contributed by atoms with E-state index in [1.54, 1.807) is 24.0 Å². The first-order valence-corrected chi connectivity index (χ1v) is 12.7. The lowest BCUT2D eigenvalue weighted by Crippen LogP contribution is -2.38. The number of fused-ring (bicyclic) bond motifs is 3. The molecule has 1 unspecified atom stereocenters. The Morgan fingerprint density at radius 3 is 2.50 bits per heavy atom. The van der Waals surface area contributed by atoms with Crippen LogP contribution < -0.4 is 5.32 Å². The molecular formula is C30H25ClFN5O. The van der Waals surface area contributed by atoms with Gasteiger partial charge in [-0.25, -0.2) is 13.9 Å². The van der Waals surface area contributed by atoms with Crippen molar-refractivity contribution in [3.63, 3.8) is 0 Å². The van der Waals surface area contributed by atoms with Crippen molar-refractivity contribution in [3.8, 4) is 11.5 Å². The van der Waals surface area contributed by atoms with Gasteiger partial charge in [0.15, 0.2) is 0 Å². The molecule has 38 heavy (non-hydrogen) atoms. The molecule has 190 valence electrons. The second-order valence-corrected chi connectivity index (χ2v) is 9.85. The zero-order chi connectivity index (χ0) is 26.4. The molecule has 2 amide bonds. The van der Waals surface area contributed by atoms with E-state index in [9.17, 15) is 9.18 Å². The summed E-state index contributed by atoms with van der Waals surface area (Å²) in [5.41, 5.74) is 5.38. The Kier molecular flexibility index (Phi) is 6.00. The molecule has 1 aliphatic heterocycles. The maximum Gasteiger partial charge on any atom is 0.322 e. The molecule has 0 spiro atoms. The molecule has 6 rings (SSSR count). The molecule has 0 radical (unpaired) electrons. The van der Waals surface area contributed by atoms with Gasteiger partial charge < -0.3 is 14.8 Å². The molecular weight excluding hydrogens is 501 g/mol. The van der Waals surface area contributed by atoms with Crippen LogP contribution in [-0.2, 0) is 6.54 Å². The number of nitrogens with one attached hydrogen (secondary N) is 1. The Morgan fingerprint density at radius 1 is 1.00 bits per heavy atom. The topological polar surface area (TPSA) is 55.1 Å². The van der Waals surface area contributed by atoms with Crippen molar-refractivity contribution in [3.05, 3.63) is 130 Å². The number of halogens is 2. The molecule has 3 aromatic carbocycles. The smallest absolute Gasteiger partial charge is 0.308 e. The number of nitrogens with zero attached hydrogens (tertiary/aromatic N) is 4. The summed E-state index contributed by atoms with van der Waals surface area (Å²) >= 11 is 6.22. The van der Waals surface area contributed by atoms with Crippen LogP contribution in [0.2, 0.25) is 5.02 Å². The lowest BCUT2D eigenvalue weighted by Gasteiger charge is -2.31. The number of urea groups is 1.